The molecular weight excluding hydrogens is 343 g/mol. The molecular formula is C16H15BrClFO. The standard InChI is InChI=1S/C16H15BrClFO/c1-3-20-12-5-7-14(15(17)9-12)16(18)13-6-4-11(19)8-10(13)2/h4-9,16H,3H2,1-2H3. The van der Waals surface area contributed by atoms with Crippen molar-refractivity contribution in [1.29, 1.82) is 0 Å². The molecule has 4 heteroatoms. The summed E-state index contributed by atoms with van der Waals surface area (Å²) in [4.78, 5) is 0. The second-order valence-electron chi connectivity index (χ2n) is 4.48. The van der Waals surface area contributed by atoms with Gasteiger partial charge < -0.3 is 4.74 Å². The summed E-state index contributed by atoms with van der Waals surface area (Å²) in [5.74, 6) is 0.545. The Bertz CT molecular complexity index is 615. The average molecular weight is 358 g/mol. The van der Waals surface area contributed by atoms with Gasteiger partial charge in [-0.3, -0.25) is 0 Å². The third-order valence-corrected chi connectivity index (χ3v) is 4.22. The number of hydrogen-bond acceptors (Lipinski definition) is 1. The van der Waals surface area contributed by atoms with E-state index in [0.717, 1.165) is 26.9 Å². The number of aryl methyl sites for hydroxylation is 1. The van der Waals surface area contributed by atoms with Crippen LogP contribution in [0.1, 0.15) is 29.0 Å². The van der Waals surface area contributed by atoms with E-state index in [9.17, 15) is 4.39 Å². The van der Waals surface area contributed by atoms with Crippen LogP contribution in [-0.4, -0.2) is 6.61 Å². The van der Waals surface area contributed by atoms with Crippen LogP contribution in [0.4, 0.5) is 4.39 Å². The van der Waals surface area contributed by atoms with Gasteiger partial charge >= 0.3 is 0 Å². The van der Waals surface area contributed by atoms with Crippen LogP contribution in [0.15, 0.2) is 40.9 Å². The van der Waals surface area contributed by atoms with E-state index in [1.165, 1.54) is 12.1 Å². The smallest absolute Gasteiger partial charge is 0.123 e. The van der Waals surface area contributed by atoms with Crippen molar-refractivity contribution in [3.63, 3.8) is 0 Å². The molecule has 0 fully saturated rings. The molecule has 0 radical (unpaired) electrons. The maximum absolute atomic E-state index is 13.2. The van der Waals surface area contributed by atoms with Gasteiger partial charge in [0.2, 0.25) is 0 Å². The van der Waals surface area contributed by atoms with Crippen LogP contribution in [0, 0.1) is 12.7 Å². The molecule has 0 aliphatic rings. The highest BCUT2D eigenvalue weighted by molar-refractivity contribution is 9.10. The van der Waals surface area contributed by atoms with Gasteiger partial charge in [-0.15, -0.1) is 11.6 Å². The van der Waals surface area contributed by atoms with Crippen LogP contribution < -0.4 is 4.74 Å². The van der Waals surface area contributed by atoms with Gasteiger partial charge in [-0.1, -0.05) is 28.1 Å². The van der Waals surface area contributed by atoms with Crippen molar-refractivity contribution in [3.05, 3.63) is 63.4 Å². The van der Waals surface area contributed by atoms with Gasteiger partial charge in [0.1, 0.15) is 11.6 Å². The summed E-state index contributed by atoms with van der Waals surface area (Å²) in [7, 11) is 0. The lowest BCUT2D eigenvalue weighted by Gasteiger charge is -2.16. The molecule has 2 aromatic carbocycles. The number of ether oxygens (including phenoxy) is 1. The number of hydrogen-bond donors (Lipinski definition) is 0. The molecule has 0 bridgehead atoms. The van der Waals surface area contributed by atoms with Crippen LogP contribution in [0.5, 0.6) is 5.75 Å². The van der Waals surface area contributed by atoms with E-state index >= 15 is 0 Å². The largest absolute Gasteiger partial charge is 0.494 e. The van der Waals surface area contributed by atoms with Gasteiger partial charge in [-0.05, 0) is 54.8 Å². The van der Waals surface area contributed by atoms with Crippen molar-refractivity contribution in [2.24, 2.45) is 0 Å². The molecule has 0 aliphatic heterocycles. The summed E-state index contributed by atoms with van der Waals surface area (Å²) in [6.45, 7) is 4.41. The minimum atomic E-state index is -0.333. The molecule has 1 atom stereocenters. The zero-order valence-corrected chi connectivity index (χ0v) is 13.6. The Labute approximate surface area is 131 Å². The summed E-state index contributed by atoms with van der Waals surface area (Å²) in [5, 5.41) is -0.333. The quantitative estimate of drug-likeness (QED) is 0.645. The molecule has 0 aromatic heterocycles. The van der Waals surface area contributed by atoms with Crippen molar-refractivity contribution in [1.82, 2.24) is 0 Å². The molecule has 2 rings (SSSR count). The minimum absolute atomic E-state index is 0.249. The fraction of sp³-hybridized carbons (Fsp3) is 0.250. The van der Waals surface area contributed by atoms with Crippen LogP contribution in [-0.2, 0) is 0 Å². The Balaban J connectivity index is 2.35. The lowest BCUT2D eigenvalue weighted by Crippen LogP contribution is -1.99. The van der Waals surface area contributed by atoms with Gasteiger partial charge in [-0.2, -0.15) is 0 Å². The van der Waals surface area contributed by atoms with Crippen molar-refractivity contribution >= 4 is 27.5 Å². The van der Waals surface area contributed by atoms with E-state index in [0.29, 0.717) is 6.61 Å². The summed E-state index contributed by atoms with van der Waals surface area (Å²) in [6, 6.07) is 10.4. The maximum Gasteiger partial charge on any atom is 0.123 e. The summed E-state index contributed by atoms with van der Waals surface area (Å²) in [5.41, 5.74) is 2.67. The van der Waals surface area contributed by atoms with Crippen LogP contribution in [0.25, 0.3) is 0 Å². The Hall–Kier alpha value is -1.06. The number of alkyl halides is 1. The molecule has 0 heterocycles. The fourth-order valence-corrected chi connectivity index (χ4v) is 3.21. The molecule has 0 saturated heterocycles. The monoisotopic (exact) mass is 356 g/mol. The van der Waals surface area contributed by atoms with Crippen molar-refractivity contribution in [2.45, 2.75) is 19.2 Å². The number of rotatable bonds is 4. The fourth-order valence-electron chi connectivity index (χ4n) is 2.06. The zero-order chi connectivity index (χ0) is 14.7. The highest BCUT2D eigenvalue weighted by Crippen LogP contribution is 2.37. The number of benzene rings is 2. The molecule has 0 saturated carbocycles. The van der Waals surface area contributed by atoms with Gasteiger partial charge in [0, 0.05) is 4.47 Å². The van der Waals surface area contributed by atoms with Gasteiger partial charge in [0.25, 0.3) is 0 Å². The normalized spacial score (nSPS) is 12.2. The molecule has 1 nitrogen and oxygen atoms in total. The predicted octanol–water partition coefficient (Wildman–Crippen LogP) is 5.62. The first-order chi connectivity index (χ1) is 9.52. The van der Waals surface area contributed by atoms with Crippen LogP contribution in [0.2, 0.25) is 0 Å². The second-order valence-corrected chi connectivity index (χ2v) is 5.77. The van der Waals surface area contributed by atoms with Crippen molar-refractivity contribution in [2.75, 3.05) is 6.61 Å². The van der Waals surface area contributed by atoms with Crippen molar-refractivity contribution < 1.29 is 9.13 Å². The van der Waals surface area contributed by atoms with E-state index in [4.69, 9.17) is 16.3 Å². The average Bonchev–Trinajstić information content (AvgIpc) is 2.38. The number of halogens is 3. The third kappa shape index (κ3) is 3.33. The van der Waals surface area contributed by atoms with E-state index < -0.39 is 0 Å². The third-order valence-electron chi connectivity index (χ3n) is 3.06. The van der Waals surface area contributed by atoms with Crippen molar-refractivity contribution in [3.8, 4) is 5.75 Å². The Morgan fingerprint density at radius 1 is 1.20 bits per heavy atom. The lowest BCUT2D eigenvalue weighted by molar-refractivity contribution is 0.340. The van der Waals surface area contributed by atoms with Gasteiger partial charge in [-0.25, -0.2) is 4.39 Å². The molecule has 20 heavy (non-hydrogen) atoms. The first-order valence-electron chi connectivity index (χ1n) is 6.35. The molecule has 2 aromatic rings. The lowest BCUT2D eigenvalue weighted by atomic mass is 10.00. The summed E-state index contributed by atoms with van der Waals surface area (Å²) >= 11 is 10.0. The molecule has 106 valence electrons. The molecule has 0 aliphatic carbocycles. The first-order valence-corrected chi connectivity index (χ1v) is 7.58. The first kappa shape index (κ1) is 15.3. The molecule has 0 spiro atoms. The van der Waals surface area contributed by atoms with Gasteiger partial charge in [0.15, 0.2) is 0 Å². The molecule has 1 unspecified atom stereocenters. The predicted molar refractivity (Wildman–Crippen MR) is 84.1 cm³/mol. The van der Waals surface area contributed by atoms with E-state index in [2.05, 4.69) is 15.9 Å². The van der Waals surface area contributed by atoms with E-state index in [-0.39, 0.29) is 11.2 Å². The second kappa shape index (κ2) is 6.59. The van der Waals surface area contributed by atoms with E-state index in [1.807, 2.05) is 32.0 Å². The molecule has 0 N–H and O–H groups in total. The summed E-state index contributed by atoms with van der Waals surface area (Å²) in [6.07, 6.45) is 0. The highest BCUT2D eigenvalue weighted by atomic mass is 79.9. The van der Waals surface area contributed by atoms with E-state index in [1.54, 1.807) is 6.07 Å². The summed E-state index contributed by atoms with van der Waals surface area (Å²) < 4.78 is 19.5. The SMILES string of the molecule is CCOc1ccc(C(Cl)c2ccc(F)cc2C)c(Br)c1. The zero-order valence-electron chi connectivity index (χ0n) is 11.3. The highest BCUT2D eigenvalue weighted by Gasteiger charge is 2.17. The van der Waals surface area contributed by atoms with Gasteiger partial charge in [0.05, 0.1) is 12.0 Å². The van der Waals surface area contributed by atoms with Crippen LogP contribution >= 0.6 is 27.5 Å². The maximum atomic E-state index is 13.2. The Morgan fingerprint density at radius 3 is 2.50 bits per heavy atom. The topological polar surface area (TPSA) is 9.23 Å². The minimum Gasteiger partial charge on any atom is -0.494 e. The Kier molecular flexibility index (Phi) is 5.06. The molecule has 0 amide bonds. The van der Waals surface area contributed by atoms with Crippen LogP contribution in [0.3, 0.4) is 0 Å². The Morgan fingerprint density at radius 2 is 1.90 bits per heavy atom.